The van der Waals surface area contributed by atoms with Gasteiger partial charge in [-0.1, -0.05) is 18.2 Å². The number of nitrogens with one attached hydrogen (secondary N) is 1. The first-order valence-electron chi connectivity index (χ1n) is 6.75. The number of aliphatic hydroxyl groups excluding tert-OH is 1. The molecule has 0 spiro atoms. The fourth-order valence-electron chi connectivity index (χ4n) is 2.78. The first-order chi connectivity index (χ1) is 9.08. The van der Waals surface area contributed by atoms with Gasteiger partial charge in [0.1, 0.15) is 0 Å². The molecule has 0 bridgehead atoms. The fourth-order valence-corrected chi connectivity index (χ4v) is 2.78. The maximum absolute atomic E-state index is 11.0. The first-order valence-corrected chi connectivity index (χ1v) is 6.75. The molecule has 0 aliphatic heterocycles. The van der Waals surface area contributed by atoms with Crippen molar-refractivity contribution in [3.05, 3.63) is 39.9 Å². The third kappa shape index (κ3) is 3.52. The van der Waals surface area contributed by atoms with Crippen LogP contribution >= 0.6 is 0 Å². The number of nitrogens with zero attached hydrogens (tertiary/aromatic N) is 1. The van der Waals surface area contributed by atoms with E-state index >= 15 is 0 Å². The predicted molar refractivity (Wildman–Crippen MR) is 72.9 cm³/mol. The monoisotopic (exact) mass is 264 g/mol. The number of benzene rings is 1. The number of nitro groups is 1. The number of rotatable bonds is 4. The van der Waals surface area contributed by atoms with Crippen molar-refractivity contribution in [2.45, 2.75) is 50.8 Å². The van der Waals surface area contributed by atoms with Crippen LogP contribution in [0.3, 0.4) is 0 Å². The molecule has 0 aromatic heterocycles. The van der Waals surface area contributed by atoms with Crippen molar-refractivity contribution in [1.29, 1.82) is 0 Å². The Morgan fingerprint density at radius 2 is 2.16 bits per heavy atom. The Kier molecular flexibility index (Phi) is 4.50. The maximum Gasteiger partial charge on any atom is 0.274 e. The Morgan fingerprint density at radius 1 is 1.42 bits per heavy atom. The molecule has 3 unspecified atom stereocenters. The first kappa shape index (κ1) is 14.0. The lowest BCUT2D eigenvalue weighted by Crippen LogP contribution is -2.37. The Labute approximate surface area is 112 Å². The number of hydrogen-bond acceptors (Lipinski definition) is 4. The third-order valence-corrected chi connectivity index (χ3v) is 3.73. The smallest absolute Gasteiger partial charge is 0.274 e. The zero-order valence-corrected chi connectivity index (χ0v) is 11.1. The van der Waals surface area contributed by atoms with E-state index in [2.05, 4.69) is 5.32 Å². The van der Waals surface area contributed by atoms with Gasteiger partial charge in [0.25, 0.3) is 5.69 Å². The molecule has 1 aliphatic carbocycles. The van der Waals surface area contributed by atoms with E-state index in [0.717, 1.165) is 25.7 Å². The summed E-state index contributed by atoms with van der Waals surface area (Å²) in [5.41, 5.74) is 0.853. The van der Waals surface area contributed by atoms with Crippen LogP contribution in [-0.2, 0) is 0 Å². The minimum Gasteiger partial charge on any atom is -0.393 e. The van der Waals surface area contributed by atoms with Crippen LogP contribution < -0.4 is 5.32 Å². The molecule has 5 heteroatoms. The average molecular weight is 264 g/mol. The highest BCUT2D eigenvalue weighted by molar-refractivity contribution is 5.41. The van der Waals surface area contributed by atoms with E-state index < -0.39 is 0 Å². The highest BCUT2D eigenvalue weighted by Crippen LogP contribution is 2.27. The number of hydrogen-bond donors (Lipinski definition) is 2. The molecule has 1 aliphatic rings. The van der Waals surface area contributed by atoms with Gasteiger partial charge in [-0.25, -0.2) is 0 Å². The molecule has 1 aromatic rings. The van der Waals surface area contributed by atoms with Gasteiger partial charge in [-0.05, 0) is 32.6 Å². The molecule has 0 saturated heterocycles. The molecule has 0 radical (unpaired) electrons. The molecule has 1 aromatic carbocycles. The standard InChI is InChI=1S/C14H20N2O3/c1-10(15-11-5-4-6-12(17)9-11)13-7-2-3-8-14(13)16(18)19/h2-3,7-8,10-12,15,17H,4-6,9H2,1H3. The molecular formula is C14H20N2O3. The van der Waals surface area contributed by atoms with Gasteiger partial charge in [-0.15, -0.1) is 0 Å². The van der Waals surface area contributed by atoms with Gasteiger partial charge >= 0.3 is 0 Å². The van der Waals surface area contributed by atoms with E-state index in [9.17, 15) is 15.2 Å². The SMILES string of the molecule is CC(NC1CCCC(O)C1)c1ccccc1[N+](=O)[O-]. The zero-order chi connectivity index (χ0) is 13.8. The average Bonchev–Trinajstić information content (AvgIpc) is 2.38. The highest BCUT2D eigenvalue weighted by Gasteiger charge is 2.24. The molecule has 3 atom stereocenters. The van der Waals surface area contributed by atoms with E-state index in [1.165, 1.54) is 6.07 Å². The van der Waals surface area contributed by atoms with Crippen LogP contribution in [0.1, 0.15) is 44.2 Å². The van der Waals surface area contributed by atoms with Crippen molar-refractivity contribution in [2.24, 2.45) is 0 Å². The van der Waals surface area contributed by atoms with Crippen molar-refractivity contribution in [3.63, 3.8) is 0 Å². The van der Waals surface area contributed by atoms with Gasteiger partial charge < -0.3 is 10.4 Å². The normalized spacial score (nSPS) is 24.9. The van der Waals surface area contributed by atoms with Gasteiger partial charge in [-0.3, -0.25) is 10.1 Å². The van der Waals surface area contributed by atoms with Crippen LogP contribution in [-0.4, -0.2) is 22.2 Å². The largest absolute Gasteiger partial charge is 0.393 e. The summed E-state index contributed by atoms with van der Waals surface area (Å²) in [6.07, 6.45) is 3.36. The Morgan fingerprint density at radius 3 is 2.84 bits per heavy atom. The summed E-state index contributed by atoms with van der Waals surface area (Å²) >= 11 is 0. The summed E-state index contributed by atoms with van der Waals surface area (Å²) in [4.78, 5) is 10.7. The van der Waals surface area contributed by atoms with Crippen molar-refractivity contribution in [1.82, 2.24) is 5.32 Å². The topological polar surface area (TPSA) is 75.4 Å². The van der Waals surface area contributed by atoms with Crippen molar-refractivity contribution < 1.29 is 10.0 Å². The van der Waals surface area contributed by atoms with Gasteiger partial charge in [0.15, 0.2) is 0 Å². The summed E-state index contributed by atoms with van der Waals surface area (Å²) < 4.78 is 0. The van der Waals surface area contributed by atoms with E-state index in [1.54, 1.807) is 12.1 Å². The second kappa shape index (κ2) is 6.12. The molecule has 2 rings (SSSR count). The summed E-state index contributed by atoms with van der Waals surface area (Å²) in [5.74, 6) is 0. The van der Waals surface area contributed by atoms with Gasteiger partial charge in [0.05, 0.1) is 11.0 Å². The molecule has 104 valence electrons. The van der Waals surface area contributed by atoms with E-state index in [0.29, 0.717) is 5.56 Å². The molecule has 5 nitrogen and oxygen atoms in total. The minimum absolute atomic E-state index is 0.0862. The minimum atomic E-state index is -0.344. The molecule has 0 heterocycles. The van der Waals surface area contributed by atoms with Gasteiger partial charge in [0, 0.05) is 23.7 Å². The van der Waals surface area contributed by atoms with Gasteiger partial charge in [0.2, 0.25) is 0 Å². The highest BCUT2D eigenvalue weighted by atomic mass is 16.6. The van der Waals surface area contributed by atoms with Crippen LogP contribution in [0, 0.1) is 10.1 Å². The maximum atomic E-state index is 11.0. The third-order valence-electron chi connectivity index (χ3n) is 3.73. The summed E-state index contributed by atoms with van der Waals surface area (Å²) in [6, 6.07) is 6.96. The lowest BCUT2D eigenvalue weighted by atomic mass is 9.92. The quantitative estimate of drug-likeness (QED) is 0.647. The summed E-state index contributed by atoms with van der Waals surface area (Å²) in [6.45, 7) is 1.93. The summed E-state index contributed by atoms with van der Waals surface area (Å²) in [7, 11) is 0. The van der Waals surface area contributed by atoms with Crippen molar-refractivity contribution >= 4 is 5.69 Å². The fraction of sp³-hybridized carbons (Fsp3) is 0.571. The van der Waals surface area contributed by atoms with Crippen LogP contribution in [0.15, 0.2) is 24.3 Å². The van der Waals surface area contributed by atoms with E-state index in [-0.39, 0.29) is 28.8 Å². The molecule has 2 N–H and O–H groups in total. The molecule has 1 fully saturated rings. The van der Waals surface area contributed by atoms with E-state index in [1.807, 2.05) is 13.0 Å². The summed E-state index contributed by atoms with van der Waals surface area (Å²) in [5, 5.41) is 24.1. The van der Waals surface area contributed by atoms with Crippen LogP contribution in [0.2, 0.25) is 0 Å². The van der Waals surface area contributed by atoms with Crippen LogP contribution in [0.25, 0.3) is 0 Å². The lowest BCUT2D eigenvalue weighted by molar-refractivity contribution is -0.385. The Balaban J connectivity index is 2.07. The van der Waals surface area contributed by atoms with Crippen LogP contribution in [0.5, 0.6) is 0 Å². The number of para-hydroxylation sites is 1. The second-order valence-electron chi connectivity index (χ2n) is 5.22. The van der Waals surface area contributed by atoms with E-state index in [4.69, 9.17) is 0 Å². The number of aliphatic hydroxyl groups is 1. The lowest BCUT2D eigenvalue weighted by Gasteiger charge is -2.29. The predicted octanol–water partition coefficient (Wildman–Crippen LogP) is 2.55. The Hall–Kier alpha value is -1.46. The molecular weight excluding hydrogens is 244 g/mol. The van der Waals surface area contributed by atoms with Gasteiger partial charge in [-0.2, -0.15) is 0 Å². The second-order valence-corrected chi connectivity index (χ2v) is 5.22. The van der Waals surface area contributed by atoms with Crippen molar-refractivity contribution in [3.8, 4) is 0 Å². The van der Waals surface area contributed by atoms with Crippen LogP contribution in [0.4, 0.5) is 5.69 Å². The Bertz CT molecular complexity index is 450. The zero-order valence-electron chi connectivity index (χ0n) is 11.1. The number of nitro benzene ring substituents is 1. The van der Waals surface area contributed by atoms with Crippen molar-refractivity contribution in [2.75, 3.05) is 0 Å². The molecule has 1 saturated carbocycles. The molecule has 19 heavy (non-hydrogen) atoms. The molecule has 0 amide bonds.